The molecular weight excluding hydrogens is 342 g/mol. The van der Waals surface area contributed by atoms with Gasteiger partial charge >= 0.3 is 0 Å². The first-order chi connectivity index (χ1) is 13.7. The van der Waals surface area contributed by atoms with E-state index in [9.17, 15) is 0 Å². The molecule has 1 aromatic heterocycles. The fourth-order valence-corrected chi connectivity index (χ4v) is 3.55. The molecule has 1 atom stereocenters. The lowest BCUT2D eigenvalue weighted by Gasteiger charge is -2.13. The fraction of sp³-hybridized carbons (Fsp3) is 0.577. The Morgan fingerprint density at radius 2 is 1.46 bits per heavy atom. The molecule has 0 amide bonds. The van der Waals surface area contributed by atoms with Gasteiger partial charge in [0, 0.05) is 17.8 Å². The molecule has 1 aromatic carbocycles. The second-order valence-corrected chi connectivity index (χ2v) is 7.96. The zero-order valence-electron chi connectivity index (χ0n) is 18.3. The van der Waals surface area contributed by atoms with Crippen molar-refractivity contribution >= 4 is 0 Å². The minimum Gasteiger partial charge on any atom is -0.494 e. The van der Waals surface area contributed by atoms with E-state index < -0.39 is 0 Å². The van der Waals surface area contributed by atoms with E-state index in [1.54, 1.807) is 0 Å². The van der Waals surface area contributed by atoms with Crippen LogP contribution in [0, 0.1) is 0 Å². The van der Waals surface area contributed by atoms with Gasteiger partial charge in [0.25, 0.3) is 0 Å². The van der Waals surface area contributed by atoms with Crippen LogP contribution in [0.5, 0.6) is 5.75 Å². The lowest BCUT2D eigenvalue weighted by atomic mass is 9.96. The molecule has 0 aliphatic carbocycles. The Hall–Kier alpha value is -1.83. The van der Waals surface area contributed by atoms with Gasteiger partial charge in [-0.3, -0.25) is 4.98 Å². The Balaban J connectivity index is 1.73. The lowest BCUT2D eigenvalue weighted by molar-refractivity contribution is 0.317. The van der Waals surface area contributed by atoms with Crippen LogP contribution in [0.1, 0.15) is 101 Å². The first kappa shape index (κ1) is 22.5. The molecule has 2 nitrogen and oxygen atoms in total. The van der Waals surface area contributed by atoms with Crippen molar-refractivity contribution in [3.8, 4) is 5.75 Å². The van der Waals surface area contributed by atoms with E-state index in [0.29, 0.717) is 5.92 Å². The molecule has 0 fully saturated rings. The smallest absolute Gasteiger partial charge is 0.119 e. The van der Waals surface area contributed by atoms with E-state index in [1.807, 2.05) is 0 Å². The van der Waals surface area contributed by atoms with Crippen LogP contribution in [0.2, 0.25) is 0 Å². The standard InChI is InChI=1S/C26H39NO/c1-4-6-7-8-9-10-11-12-13-23-14-19-26(27-21-23)22(3)24-15-17-25(18-16-24)28-20-5-2/h14-19,21-22H,4-13,20H2,1-3H3. The first-order valence-electron chi connectivity index (χ1n) is 11.4. The molecule has 0 spiro atoms. The van der Waals surface area contributed by atoms with Crippen molar-refractivity contribution < 1.29 is 4.74 Å². The average molecular weight is 382 g/mol. The third-order valence-corrected chi connectivity index (χ3v) is 5.46. The highest BCUT2D eigenvalue weighted by molar-refractivity contribution is 5.33. The molecule has 0 aliphatic rings. The number of hydrogen-bond acceptors (Lipinski definition) is 2. The van der Waals surface area contributed by atoms with Crippen LogP contribution in [-0.4, -0.2) is 11.6 Å². The van der Waals surface area contributed by atoms with E-state index in [0.717, 1.165) is 30.9 Å². The molecule has 28 heavy (non-hydrogen) atoms. The topological polar surface area (TPSA) is 22.1 Å². The van der Waals surface area contributed by atoms with Crippen LogP contribution >= 0.6 is 0 Å². The van der Waals surface area contributed by atoms with Crippen LogP contribution in [-0.2, 0) is 6.42 Å². The van der Waals surface area contributed by atoms with Crippen molar-refractivity contribution in [3.05, 3.63) is 59.4 Å². The Morgan fingerprint density at radius 1 is 0.786 bits per heavy atom. The van der Waals surface area contributed by atoms with Gasteiger partial charge in [0.05, 0.1) is 6.61 Å². The van der Waals surface area contributed by atoms with Crippen molar-refractivity contribution in [3.63, 3.8) is 0 Å². The quantitative estimate of drug-likeness (QED) is 0.313. The Labute approximate surface area is 172 Å². The van der Waals surface area contributed by atoms with Gasteiger partial charge in [0.1, 0.15) is 5.75 Å². The first-order valence-corrected chi connectivity index (χ1v) is 11.4. The molecule has 154 valence electrons. The molecule has 0 N–H and O–H groups in total. The molecule has 1 unspecified atom stereocenters. The molecular formula is C26H39NO. The number of pyridine rings is 1. The van der Waals surface area contributed by atoms with Gasteiger partial charge in [0.2, 0.25) is 0 Å². The highest BCUT2D eigenvalue weighted by Gasteiger charge is 2.10. The normalized spacial score (nSPS) is 12.1. The molecule has 1 heterocycles. The van der Waals surface area contributed by atoms with Gasteiger partial charge in [-0.15, -0.1) is 0 Å². The van der Waals surface area contributed by atoms with Crippen LogP contribution in [0.15, 0.2) is 42.6 Å². The molecule has 0 saturated carbocycles. The molecule has 0 aliphatic heterocycles. The molecule has 0 saturated heterocycles. The van der Waals surface area contributed by atoms with E-state index in [-0.39, 0.29) is 0 Å². The molecule has 2 heteroatoms. The number of nitrogens with zero attached hydrogens (tertiary/aromatic N) is 1. The Morgan fingerprint density at radius 3 is 2.07 bits per heavy atom. The largest absolute Gasteiger partial charge is 0.494 e. The van der Waals surface area contributed by atoms with Gasteiger partial charge in [0.15, 0.2) is 0 Å². The van der Waals surface area contributed by atoms with Crippen molar-refractivity contribution in [2.45, 2.75) is 90.9 Å². The highest BCUT2D eigenvalue weighted by Crippen LogP contribution is 2.25. The monoisotopic (exact) mass is 381 g/mol. The lowest BCUT2D eigenvalue weighted by Crippen LogP contribution is -2.01. The molecule has 0 radical (unpaired) electrons. The summed E-state index contributed by atoms with van der Waals surface area (Å²) >= 11 is 0. The van der Waals surface area contributed by atoms with Crippen molar-refractivity contribution in [1.29, 1.82) is 0 Å². The number of aromatic nitrogens is 1. The Kier molecular flexibility index (Phi) is 10.7. The van der Waals surface area contributed by atoms with E-state index in [2.05, 4.69) is 63.4 Å². The van der Waals surface area contributed by atoms with Crippen LogP contribution < -0.4 is 4.74 Å². The maximum atomic E-state index is 5.67. The predicted octanol–water partition coefficient (Wildman–Crippen LogP) is 7.71. The predicted molar refractivity (Wildman–Crippen MR) is 120 cm³/mol. The van der Waals surface area contributed by atoms with Crippen molar-refractivity contribution in [1.82, 2.24) is 4.98 Å². The summed E-state index contributed by atoms with van der Waals surface area (Å²) in [6.07, 6.45) is 15.2. The van der Waals surface area contributed by atoms with Gasteiger partial charge in [-0.25, -0.2) is 0 Å². The molecule has 2 aromatic rings. The van der Waals surface area contributed by atoms with Crippen LogP contribution in [0.3, 0.4) is 0 Å². The minimum atomic E-state index is 0.303. The number of rotatable bonds is 14. The van der Waals surface area contributed by atoms with Crippen molar-refractivity contribution in [2.75, 3.05) is 6.61 Å². The van der Waals surface area contributed by atoms with E-state index >= 15 is 0 Å². The zero-order valence-corrected chi connectivity index (χ0v) is 18.3. The van der Waals surface area contributed by atoms with E-state index in [1.165, 1.54) is 62.5 Å². The summed E-state index contributed by atoms with van der Waals surface area (Å²) < 4.78 is 5.67. The third kappa shape index (κ3) is 8.04. The summed E-state index contributed by atoms with van der Waals surface area (Å²) in [6.45, 7) is 7.40. The minimum absolute atomic E-state index is 0.303. The molecule has 0 bridgehead atoms. The summed E-state index contributed by atoms with van der Waals surface area (Å²) in [6, 6.07) is 12.9. The maximum Gasteiger partial charge on any atom is 0.119 e. The van der Waals surface area contributed by atoms with Gasteiger partial charge in [-0.2, -0.15) is 0 Å². The zero-order chi connectivity index (χ0) is 20.0. The highest BCUT2D eigenvalue weighted by atomic mass is 16.5. The summed E-state index contributed by atoms with van der Waals surface area (Å²) in [7, 11) is 0. The molecule has 2 rings (SSSR count). The average Bonchev–Trinajstić information content (AvgIpc) is 2.74. The van der Waals surface area contributed by atoms with Crippen LogP contribution in [0.25, 0.3) is 0 Å². The summed E-state index contributed by atoms with van der Waals surface area (Å²) in [5, 5.41) is 0. The summed E-state index contributed by atoms with van der Waals surface area (Å²) in [5.74, 6) is 1.25. The maximum absolute atomic E-state index is 5.67. The van der Waals surface area contributed by atoms with E-state index in [4.69, 9.17) is 9.72 Å². The Bertz CT molecular complexity index is 632. The number of hydrogen-bond donors (Lipinski definition) is 0. The van der Waals surface area contributed by atoms with Crippen molar-refractivity contribution in [2.24, 2.45) is 0 Å². The second-order valence-electron chi connectivity index (χ2n) is 7.96. The van der Waals surface area contributed by atoms with Crippen LogP contribution in [0.4, 0.5) is 0 Å². The number of benzene rings is 1. The number of ether oxygens (including phenoxy) is 1. The number of aryl methyl sites for hydroxylation is 1. The van der Waals surface area contributed by atoms with Gasteiger partial charge in [-0.05, 0) is 48.6 Å². The summed E-state index contributed by atoms with van der Waals surface area (Å²) in [4.78, 5) is 4.74. The number of unbranched alkanes of at least 4 members (excludes halogenated alkanes) is 7. The third-order valence-electron chi connectivity index (χ3n) is 5.46. The fourth-order valence-electron chi connectivity index (χ4n) is 3.55. The van der Waals surface area contributed by atoms with Gasteiger partial charge in [-0.1, -0.05) is 83.9 Å². The summed E-state index contributed by atoms with van der Waals surface area (Å²) in [5.41, 5.74) is 3.79. The SMILES string of the molecule is CCCCCCCCCCc1ccc(C(C)c2ccc(OCCC)cc2)nc1. The van der Waals surface area contributed by atoms with Gasteiger partial charge < -0.3 is 4.74 Å². The second kappa shape index (κ2) is 13.4.